The van der Waals surface area contributed by atoms with Gasteiger partial charge in [-0.05, 0) is 19.9 Å². The second-order valence-electron chi connectivity index (χ2n) is 3.89. The van der Waals surface area contributed by atoms with Crippen LogP contribution in [-0.4, -0.2) is 50.5 Å². The van der Waals surface area contributed by atoms with Crippen molar-refractivity contribution in [1.82, 2.24) is 4.90 Å². The molecule has 0 saturated carbocycles. The molecule has 0 bridgehead atoms. The summed E-state index contributed by atoms with van der Waals surface area (Å²) in [6.45, 7) is 2.44. The van der Waals surface area contributed by atoms with Gasteiger partial charge in [-0.15, -0.1) is 0 Å². The van der Waals surface area contributed by atoms with E-state index in [0.717, 1.165) is 0 Å². The average molecular weight is 242 g/mol. The number of hydrogen-bond donors (Lipinski definition) is 1. The Labute approximate surface area is 94.7 Å². The third-order valence-corrected chi connectivity index (χ3v) is 2.55. The summed E-state index contributed by atoms with van der Waals surface area (Å²) < 4.78 is 43.1. The molecule has 0 radical (unpaired) electrons. The Balaban J connectivity index is 4.39. The smallest absolute Gasteiger partial charge is 0.385 e. The van der Waals surface area contributed by atoms with Gasteiger partial charge in [-0.2, -0.15) is 13.2 Å². The zero-order valence-electron chi connectivity index (χ0n) is 10.0. The molecule has 98 valence electrons. The predicted octanol–water partition coefficient (Wildman–Crippen LogP) is 1.62. The van der Waals surface area contributed by atoms with Gasteiger partial charge in [-0.3, -0.25) is 4.90 Å². The third kappa shape index (κ3) is 5.14. The van der Waals surface area contributed by atoms with Gasteiger partial charge in [0.1, 0.15) is 6.04 Å². The van der Waals surface area contributed by atoms with E-state index < -0.39 is 18.3 Å². The Morgan fingerprint density at radius 2 is 1.94 bits per heavy atom. The average Bonchev–Trinajstić information content (AvgIpc) is 2.16. The molecule has 0 aliphatic rings. The minimum Gasteiger partial charge on any atom is -0.385 e. The van der Waals surface area contributed by atoms with E-state index in [0.29, 0.717) is 26.0 Å². The van der Waals surface area contributed by atoms with E-state index in [4.69, 9.17) is 10.5 Å². The zero-order valence-corrected chi connectivity index (χ0v) is 10.0. The molecule has 0 amide bonds. The fraction of sp³-hybridized carbons (Fsp3) is 1.00. The number of nitrogens with two attached hydrogens (primary N) is 1. The van der Waals surface area contributed by atoms with Gasteiger partial charge in [0.05, 0.1) is 0 Å². The van der Waals surface area contributed by atoms with Crippen molar-refractivity contribution >= 4 is 0 Å². The van der Waals surface area contributed by atoms with Gasteiger partial charge in [-0.25, -0.2) is 0 Å². The monoisotopic (exact) mass is 242 g/mol. The zero-order chi connectivity index (χ0) is 12.8. The molecular weight excluding hydrogens is 221 g/mol. The van der Waals surface area contributed by atoms with Crippen molar-refractivity contribution in [2.45, 2.75) is 38.0 Å². The first-order valence-corrected chi connectivity index (χ1v) is 5.36. The van der Waals surface area contributed by atoms with E-state index in [1.54, 1.807) is 6.92 Å². The van der Waals surface area contributed by atoms with Gasteiger partial charge < -0.3 is 10.5 Å². The maximum Gasteiger partial charge on any atom is 0.405 e. The second-order valence-corrected chi connectivity index (χ2v) is 3.89. The van der Waals surface area contributed by atoms with Gasteiger partial charge in [0, 0.05) is 26.3 Å². The number of alkyl halides is 3. The summed E-state index contributed by atoms with van der Waals surface area (Å²) in [7, 11) is 2.97. The Morgan fingerprint density at radius 3 is 2.31 bits per heavy atom. The number of methoxy groups -OCH3 is 1. The van der Waals surface area contributed by atoms with Crippen molar-refractivity contribution in [3.63, 3.8) is 0 Å². The van der Waals surface area contributed by atoms with Crippen molar-refractivity contribution in [3.8, 4) is 0 Å². The summed E-state index contributed by atoms with van der Waals surface area (Å²) in [6, 6.07) is -2.46. The predicted molar refractivity (Wildman–Crippen MR) is 57.2 cm³/mol. The fourth-order valence-electron chi connectivity index (χ4n) is 1.64. The van der Waals surface area contributed by atoms with Crippen LogP contribution in [0.4, 0.5) is 13.2 Å². The van der Waals surface area contributed by atoms with E-state index in [9.17, 15) is 13.2 Å². The summed E-state index contributed by atoms with van der Waals surface area (Å²) in [5.41, 5.74) is 5.52. The fourth-order valence-corrected chi connectivity index (χ4v) is 1.64. The molecule has 0 aromatic carbocycles. The minimum absolute atomic E-state index is 0.304. The van der Waals surface area contributed by atoms with Gasteiger partial charge in [0.15, 0.2) is 0 Å². The molecule has 0 aromatic rings. The van der Waals surface area contributed by atoms with Crippen LogP contribution in [0.5, 0.6) is 0 Å². The van der Waals surface area contributed by atoms with Crippen molar-refractivity contribution in [1.29, 1.82) is 0 Å². The first-order chi connectivity index (χ1) is 7.34. The highest BCUT2D eigenvalue weighted by Crippen LogP contribution is 2.27. The molecule has 2 N–H and O–H groups in total. The van der Waals surface area contributed by atoms with Crippen LogP contribution >= 0.6 is 0 Å². The molecule has 2 atom stereocenters. The number of halogens is 3. The molecule has 0 saturated heterocycles. The molecule has 0 spiro atoms. The Bertz CT molecular complexity index is 187. The maximum absolute atomic E-state index is 12.8. The van der Waals surface area contributed by atoms with Crippen LogP contribution in [0.25, 0.3) is 0 Å². The lowest BCUT2D eigenvalue weighted by Crippen LogP contribution is -2.54. The summed E-state index contributed by atoms with van der Waals surface area (Å²) in [6.07, 6.45) is -3.41. The summed E-state index contributed by atoms with van der Waals surface area (Å²) in [5.74, 6) is 0. The first kappa shape index (κ1) is 15.7. The van der Waals surface area contributed by atoms with Crippen molar-refractivity contribution in [2.24, 2.45) is 5.73 Å². The lowest BCUT2D eigenvalue weighted by Gasteiger charge is -2.33. The minimum atomic E-state index is -4.28. The maximum atomic E-state index is 12.8. The highest BCUT2D eigenvalue weighted by atomic mass is 19.4. The molecule has 6 heteroatoms. The van der Waals surface area contributed by atoms with Crippen LogP contribution in [0.3, 0.4) is 0 Å². The van der Waals surface area contributed by atoms with Crippen molar-refractivity contribution in [3.05, 3.63) is 0 Å². The van der Waals surface area contributed by atoms with Gasteiger partial charge in [0.25, 0.3) is 0 Å². The number of hydrogen-bond acceptors (Lipinski definition) is 3. The summed E-state index contributed by atoms with van der Waals surface area (Å²) in [4.78, 5) is 1.26. The number of rotatable bonds is 7. The van der Waals surface area contributed by atoms with E-state index in [2.05, 4.69) is 0 Å². The van der Waals surface area contributed by atoms with Crippen molar-refractivity contribution < 1.29 is 17.9 Å². The number of ether oxygens (including phenoxy) is 1. The Hall–Kier alpha value is -0.330. The summed E-state index contributed by atoms with van der Waals surface area (Å²) >= 11 is 0. The van der Waals surface area contributed by atoms with Crippen LogP contribution in [0.1, 0.15) is 19.8 Å². The normalized spacial score (nSPS) is 16.5. The topological polar surface area (TPSA) is 38.5 Å². The van der Waals surface area contributed by atoms with Crippen LogP contribution < -0.4 is 5.73 Å². The molecule has 0 aliphatic heterocycles. The Morgan fingerprint density at radius 1 is 1.38 bits per heavy atom. The lowest BCUT2D eigenvalue weighted by molar-refractivity contribution is -0.186. The highest BCUT2D eigenvalue weighted by Gasteiger charge is 2.45. The van der Waals surface area contributed by atoms with Crippen LogP contribution in [-0.2, 0) is 4.74 Å². The van der Waals surface area contributed by atoms with Gasteiger partial charge >= 0.3 is 6.18 Å². The molecule has 0 fully saturated rings. The third-order valence-electron chi connectivity index (χ3n) is 2.55. The molecule has 0 rings (SSSR count). The SMILES string of the molecule is CCC(N)C(N(C)CCCOC)C(F)(F)F. The number of nitrogens with zero attached hydrogens (tertiary/aromatic N) is 1. The highest BCUT2D eigenvalue weighted by molar-refractivity contribution is 4.86. The van der Waals surface area contributed by atoms with Crippen LogP contribution in [0.2, 0.25) is 0 Å². The van der Waals surface area contributed by atoms with Gasteiger partial charge in [-0.1, -0.05) is 6.92 Å². The largest absolute Gasteiger partial charge is 0.405 e. The number of likely N-dealkylation sites (N-methyl/N-ethyl adjacent to an activating group) is 1. The first-order valence-electron chi connectivity index (χ1n) is 5.36. The quantitative estimate of drug-likeness (QED) is 0.689. The van der Waals surface area contributed by atoms with Gasteiger partial charge in [0.2, 0.25) is 0 Å². The molecule has 16 heavy (non-hydrogen) atoms. The van der Waals surface area contributed by atoms with E-state index in [1.807, 2.05) is 0 Å². The molecular formula is C10H21F3N2O. The molecule has 0 aromatic heterocycles. The second kappa shape index (κ2) is 7.09. The van der Waals surface area contributed by atoms with Crippen LogP contribution in [0.15, 0.2) is 0 Å². The van der Waals surface area contributed by atoms with Crippen molar-refractivity contribution in [2.75, 3.05) is 27.3 Å². The van der Waals surface area contributed by atoms with Crippen LogP contribution in [0, 0.1) is 0 Å². The molecule has 3 nitrogen and oxygen atoms in total. The molecule has 0 aliphatic carbocycles. The van der Waals surface area contributed by atoms with E-state index in [-0.39, 0.29) is 0 Å². The standard InChI is InChI=1S/C10H21F3N2O/c1-4-8(14)9(10(11,12)13)15(2)6-5-7-16-3/h8-9H,4-7,14H2,1-3H3. The molecule has 2 unspecified atom stereocenters. The van der Waals surface area contributed by atoms with E-state index >= 15 is 0 Å². The van der Waals surface area contributed by atoms with E-state index in [1.165, 1.54) is 19.1 Å². The summed E-state index contributed by atoms with van der Waals surface area (Å²) in [5, 5.41) is 0. The Kier molecular flexibility index (Phi) is 6.94. The lowest BCUT2D eigenvalue weighted by atomic mass is 10.0. The molecule has 0 heterocycles.